The van der Waals surface area contributed by atoms with Crippen LogP contribution in [0.5, 0.6) is 0 Å². The first-order valence-corrected chi connectivity index (χ1v) is 7.55. The zero-order chi connectivity index (χ0) is 17.7. The summed E-state index contributed by atoms with van der Waals surface area (Å²) < 4.78 is 38.1. The minimum absolute atomic E-state index is 0.133. The van der Waals surface area contributed by atoms with E-state index in [9.17, 15) is 18.0 Å². The number of carbonyl (C=O) groups is 1. The lowest BCUT2D eigenvalue weighted by molar-refractivity contribution is -0.137. The molecule has 126 valence electrons. The van der Waals surface area contributed by atoms with E-state index >= 15 is 0 Å². The fourth-order valence-corrected chi connectivity index (χ4v) is 2.28. The van der Waals surface area contributed by atoms with E-state index in [1.54, 1.807) is 0 Å². The normalized spacial score (nSPS) is 13.0. The van der Waals surface area contributed by atoms with Gasteiger partial charge in [0.1, 0.15) is 0 Å². The minimum atomic E-state index is -4.46. The van der Waals surface area contributed by atoms with Gasteiger partial charge in [0.2, 0.25) is 5.91 Å². The Kier molecular flexibility index (Phi) is 5.67. The Labute approximate surface area is 142 Å². The number of hydrogen-bond acceptors (Lipinski definition) is 1. The smallest absolute Gasteiger partial charge is 0.346 e. The number of alkyl halides is 3. The van der Waals surface area contributed by atoms with Gasteiger partial charge in [-0.3, -0.25) is 4.79 Å². The highest BCUT2D eigenvalue weighted by molar-refractivity contribution is 6.32. The largest absolute Gasteiger partial charge is 0.416 e. The Morgan fingerprint density at radius 2 is 1.83 bits per heavy atom. The van der Waals surface area contributed by atoms with Crippen molar-refractivity contribution in [3.63, 3.8) is 0 Å². The number of amides is 1. The molecule has 24 heavy (non-hydrogen) atoms. The van der Waals surface area contributed by atoms with Gasteiger partial charge in [-0.2, -0.15) is 13.2 Å². The van der Waals surface area contributed by atoms with Crippen molar-refractivity contribution in [2.24, 2.45) is 0 Å². The van der Waals surface area contributed by atoms with Crippen LogP contribution in [0, 0.1) is 0 Å². The Bertz CT molecular complexity index is 742. The van der Waals surface area contributed by atoms with Gasteiger partial charge in [0, 0.05) is 11.1 Å². The number of benzene rings is 2. The molecule has 0 heterocycles. The average molecular weight is 354 g/mol. The predicted octanol–water partition coefficient (Wildman–Crippen LogP) is 5.25. The van der Waals surface area contributed by atoms with Gasteiger partial charge in [-0.15, -0.1) is 0 Å². The monoisotopic (exact) mass is 353 g/mol. The zero-order valence-electron chi connectivity index (χ0n) is 12.8. The van der Waals surface area contributed by atoms with Crippen molar-refractivity contribution in [3.05, 3.63) is 76.3 Å². The van der Waals surface area contributed by atoms with Gasteiger partial charge in [0.15, 0.2) is 0 Å². The van der Waals surface area contributed by atoms with E-state index in [-0.39, 0.29) is 16.6 Å². The highest BCUT2D eigenvalue weighted by Crippen LogP contribution is 2.32. The van der Waals surface area contributed by atoms with Crippen molar-refractivity contribution in [2.45, 2.75) is 19.1 Å². The number of halogens is 4. The lowest BCUT2D eigenvalue weighted by Crippen LogP contribution is -2.24. The summed E-state index contributed by atoms with van der Waals surface area (Å²) in [5.74, 6) is -0.417. The molecule has 0 bridgehead atoms. The van der Waals surface area contributed by atoms with Crippen LogP contribution >= 0.6 is 11.6 Å². The fraction of sp³-hybridized carbons (Fsp3) is 0.167. The van der Waals surface area contributed by atoms with Gasteiger partial charge in [0.05, 0.1) is 11.6 Å². The Hall–Kier alpha value is -2.27. The van der Waals surface area contributed by atoms with Gasteiger partial charge >= 0.3 is 6.18 Å². The molecule has 2 aromatic carbocycles. The minimum Gasteiger partial charge on any atom is -0.346 e. The Balaban J connectivity index is 2.09. The van der Waals surface area contributed by atoms with Crippen LogP contribution in [-0.2, 0) is 11.0 Å². The molecule has 1 N–H and O–H groups in total. The van der Waals surface area contributed by atoms with Crippen molar-refractivity contribution in [1.29, 1.82) is 0 Å². The van der Waals surface area contributed by atoms with Gasteiger partial charge < -0.3 is 5.32 Å². The van der Waals surface area contributed by atoms with Crippen molar-refractivity contribution in [2.75, 3.05) is 0 Å². The molecule has 2 rings (SSSR count). The second-order valence-corrected chi connectivity index (χ2v) is 5.62. The van der Waals surface area contributed by atoms with Gasteiger partial charge in [0.25, 0.3) is 0 Å². The molecule has 0 aliphatic rings. The lowest BCUT2D eigenvalue weighted by atomic mass is 10.1. The molecule has 0 saturated heterocycles. The topological polar surface area (TPSA) is 29.1 Å². The maximum atomic E-state index is 12.7. The first kappa shape index (κ1) is 18.1. The lowest BCUT2D eigenvalue weighted by Gasteiger charge is -2.12. The van der Waals surface area contributed by atoms with E-state index in [1.807, 2.05) is 37.3 Å². The van der Waals surface area contributed by atoms with E-state index in [0.717, 1.165) is 23.8 Å². The maximum Gasteiger partial charge on any atom is 0.416 e. The van der Waals surface area contributed by atoms with Crippen molar-refractivity contribution >= 4 is 23.6 Å². The zero-order valence-corrected chi connectivity index (χ0v) is 13.5. The molecule has 2 aromatic rings. The summed E-state index contributed by atoms with van der Waals surface area (Å²) >= 11 is 5.88. The summed E-state index contributed by atoms with van der Waals surface area (Å²) in [7, 11) is 0. The number of hydrogen-bond donors (Lipinski definition) is 1. The van der Waals surface area contributed by atoms with Gasteiger partial charge in [-0.05, 0) is 42.3 Å². The Morgan fingerprint density at radius 1 is 1.17 bits per heavy atom. The van der Waals surface area contributed by atoms with Crippen LogP contribution in [0.15, 0.2) is 54.6 Å². The maximum absolute atomic E-state index is 12.7. The molecule has 1 amide bonds. The van der Waals surface area contributed by atoms with Crippen LogP contribution in [0.4, 0.5) is 13.2 Å². The molecule has 0 radical (unpaired) electrons. The second-order valence-electron chi connectivity index (χ2n) is 5.21. The molecule has 0 aromatic heterocycles. The highest BCUT2D eigenvalue weighted by Gasteiger charge is 2.30. The van der Waals surface area contributed by atoms with Crippen LogP contribution < -0.4 is 5.32 Å². The van der Waals surface area contributed by atoms with Crippen LogP contribution in [-0.4, -0.2) is 5.91 Å². The summed E-state index contributed by atoms with van der Waals surface area (Å²) in [4.78, 5) is 11.9. The summed E-state index contributed by atoms with van der Waals surface area (Å²) in [6.45, 7) is 1.82. The molecular formula is C18H15ClF3NO. The molecule has 0 aliphatic carbocycles. The van der Waals surface area contributed by atoms with E-state index in [0.29, 0.717) is 0 Å². The second kappa shape index (κ2) is 7.53. The van der Waals surface area contributed by atoms with Gasteiger partial charge in [-0.25, -0.2) is 0 Å². The number of carbonyl (C=O) groups excluding carboxylic acids is 1. The molecule has 0 fully saturated rings. The molecule has 1 atom stereocenters. The van der Waals surface area contributed by atoms with Crippen molar-refractivity contribution in [1.82, 2.24) is 5.32 Å². The van der Waals surface area contributed by atoms with E-state index in [1.165, 1.54) is 12.2 Å². The summed E-state index contributed by atoms with van der Waals surface area (Å²) in [6.07, 6.45) is -2.03. The number of rotatable bonds is 4. The summed E-state index contributed by atoms with van der Waals surface area (Å²) in [5, 5.41) is 2.88. The third-order valence-corrected chi connectivity index (χ3v) is 3.74. The molecule has 6 heteroatoms. The molecule has 0 spiro atoms. The SMILES string of the molecule is C[C@@H](NC(=O)/C=C/c1cc(C(F)(F)F)ccc1Cl)c1ccccc1. The summed E-state index contributed by atoms with van der Waals surface area (Å²) in [6, 6.07) is 12.1. The third-order valence-electron chi connectivity index (χ3n) is 3.40. The number of nitrogens with one attached hydrogen (secondary N) is 1. The predicted molar refractivity (Wildman–Crippen MR) is 88.5 cm³/mol. The quantitative estimate of drug-likeness (QED) is 0.747. The Morgan fingerprint density at radius 3 is 2.46 bits per heavy atom. The first-order chi connectivity index (χ1) is 11.3. The molecule has 0 aliphatic heterocycles. The molecule has 0 unspecified atom stereocenters. The molecular weight excluding hydrogens is 339 g/mol. The molecule has 2 nitrogen and oxygen atoms in total. The van der Waals surface area contributed by atoms with Crippen LogP contribution in [0.2, 0.25) is 5.02 Å². The molecule has 0 saturated carbocycles. The standard InChI is InChI=1S/C18H15ClF3NO/c1-12(13-5-3-2-4-6-13)23-17(24)10-7-14-11-15(18(20,21)22)8-9-16(14)19/h2-12H,1H3,(H,23,24)/b10-7+/t12-/m1/s1. The average Bonchev–Trinajstić information content (AvgIpc) is 2.53. The van der Waals surface area contributed by atoms with Crippen LogP contribution in [0.1, 0.15) is 29.7 Å². The fourth-order valence-electron chi connectivity index (χ4n) is 2.10. The van der Waals surface area contributed by atoms with E-state index in [2.05, 4.69) is 5.32 Å². The van der Waals surface area contributed by atoms with Crippen molar-refractivity contribution in [3.8, 4) is 0 Å². The van der Waals surface area contributed by atoms with Crippen molar-refractivity contribution < 1.29 is 18.0 Å². The summed E-state index contributed by atoms with van der Waals surface area (Å²) in [5.41, 5.74) is 0.245. The van der Waals surface area contributed by atoms with Gasteiger partial charge in [-0.1, -0.05) is 41.9 Å². The highest BCUT2D eigenvalue weighted by atomic mass is 35.5. The third kappa shape index (κ3) is 4.86. The van der Waals surface area contributed by atoms with E-state index < -0.39 is 17.6 Å². The first-order valence-electron chi connectivity index (χ1n) is 7.17. The van der Waals surface area contributed by atoms with E-state index in [4.69, 9.17) is 11.6 Å². The van der Waals surface area contributed by atoms with Crippen LogP contribution in [0.3, 0.4) is 0 Å². The van der Waals surface area contributed by atoms with Crippen LogP contribution in [0.25, 0.3) is 6.08 Å².